The van der Waals surface area contributed by atoms with Gasteiger partial charge in [-0.2, -0.15) is 0 Å². The first-order chi connectivity index (χ1) is 12.5. The maximum absolute atomic E-state index is 11.7. The van der Waals surface area contributed by atoms with E-state index in [0.29, 0.717) is 28.4 Å². The zero-order valence-electron chi connectivity index (χ0n) is 14.2. The molecule has 0 spiro atoms. The van der Waals surface area contributed by atoms with E-state index < -0.39 is 18.5 Å². The summed E-state index contributed by atoms with van der Waals surface area (Å²) >= 11 is 5.76. The van der Waals surface area contributed by atoms with Gasteiger partial charge >= 0.3 is 5.97 Å². The molecule has 0 radical (unpaired) electrons. The Hall–Kier alpha value is -2.86. The number of ether oxygens (including phenoxy) is 2. The summed E-state index contributed by atoms with van der Waals surface area (Å²) in [5, 5.41) is 3.13. The van der Waals surface area contributed by atoms with Crippen molar-refractivity contribution in [2.24, 2.45) is 0 Å². The fraction of sp³-hybridized carbons (Fsp3) is 0.211. The van der Waals surface area contributed by atoms with E-state index in [-0.39, 0.29) is 12.4 Å². The molecule has 0 bridgehead atoms. The van der Waals surface area contributed by atoms with Crippen LogP contribution in [0.3, 0.4) is 0 Å². The van der Waals surface area contributed by atoms with Crippen molar-refractivity contribution in [2.45, 2.75) is 13.3 Å². The summed E-state index contributed by atoms with van der Waals surface area (Å²) < 4.78 is 10.1. The number of halogens is 1. The predicted molar refractivity (Wildman–Crippen MR) is 97.6 cm³/mol. The lowest BCUT2D eigenvalue weighted by Gasteiger charge is -2.08. The molecule has 26 heavy (non-hydrogen) atoms. The van der Waals surface area contributed by atoms with E-state index in [1.54, 1.807) is 55.5 Å². The van der Waals surface area contributed by atoms with E-state index in [1.807, 2.05) is 0 Å². The van der Waals surface area contributed by atoms with Gasteiger partial charge in [0.05, 0.1) is 0 Å². The van der Waals surface area contributed by atoms with Crippen LogP contribution in [0, 0.1) is 0 Å². The molecule has 1 N–H and O–H groups in total. The van der Waals surface area contributed by atoms with Crippen LogP contribution in [0.1, 0.15) is 23.7 Å². The molecule has 2 aromatic rings. The molecule has 0 heterocycles. The first-order valence-electron chi connectivity index (χ1n) is 7.95. The highest BCUT2D eigenvalue weighted by atomic mass is 35.5. The number of carbonyl (C=O) groups is 3. The minimum absolute atomic E-state index is 0.0302. The van der Waals surface area contributed by atoms with Crippen LogP contribution in [0.15, 0.2) is 48.5 Å². The summed E-state index contributed by atoms with van der Waals surface area (Å²) in [5.74, 6) is -0.684. The molecule has 0 aliphatic heterocycles. The van der Waals surface area contributed by atoms with Gasteiger partial charge in [-0.15, -0.1) is 0 Å². The number of nitrogens with one attached hydrogen (secondary N) is 1. The Morgan fingerprint density at radius 3 is 2.23 bits per heavy atom. The Morgan fingerprint density at radius 1 is 0.962 bits per heavy atom. The monoisotopic (exact) mass is 375 g/mol. The minimum atomic E-state index is -0.676. The number of hydrogen-bond donors (Lipinski definition) is 1. The Kier molecular flexibility index (Phi) is 7.17. The molecule has 0 saturated heterocycles. The summed E-state index contributed by atoms with van der Waals surface area (Å²) in [6.45, 7) is 1.02. The van der Waals surface area contributed by atoms with E-state index in [1.165, 1.54) is 0 Å². The molecule has 0 saturated carbocycles. The summed E-state index contributed by atoms with van der Waals surface area (Å²) in [5.41, 5.74) is 1.13. The second-order valence-corrected chi connectivity index (χ2v) is 5.74. The molecule has 0 unspecified atom stereocenters. The molecule has 2 rings (SSSR count). The van der Waals surface area contributed by atoms with Crippen molar-refractivity contribution < 1.29 is 23.9 Å². The lowest BCUT2D eigenvalue weighted by molar-refractivity contribution is -0.149. The zero-order valence-corrected chi connectivity index (χ0v) is 14.9. The van der Waals surface area contributed by atoms with Gasteiger partial charge in [0.2, 0.25) is 0 Å². The molecule has 0 atom stereocenters. The highest BCUT2D eigenvalue weighted by molar-refractivity contribution is 6.30. The fourth-order valence-corrected chi connectivity index (χ4v) is 2.13. The van der Waals surface area contributed by atoms with Gasteiger partial charge in [0.1, 0.15) is 5.75 Å². The number of ketones is 1. The predicted octanol–water partition coefficient (Wildman–Crippen LogP) is 3.49. The van der Waals surface area contributed by atoms with Crippen LogP contribution in [0.4, 0.5) is 5.69 Å². The van der Waals surface area contributed by atoms with Gasteiger partial charge in [-0.1, -0.05) is 18.5 Å². The van der Waals surface area contributed by atoms with Gasteiger partial charge in [0.25, 0.3) is 5.91 Å². The molecule has 0 aliphatic rings. The third-order valence-corrected chi connectivity index (χ3v) is 3.60. The Balaban J connectivity index is 1.72. The van der Waals surface area contributed by atoms with Crippen LogP contribution in [-0.4, -0.2) is 30.9 Å². The van der Waals surface area contributed by atoms with Gasteiger partial charge in [0.15, 0.2) is 19.0 Å². The first-order valence-corrected chi connectivity index (χ1v) is 8.33. The number of anilines is 1. The summed E-state index contributed by atoms with van der Waals surface area (Å²) in [6.07, 6.45) is 0.421. The van der Waals surface area contributed by atoms with Crippen molar-refractivity contribution in [1.29, 1.82) is 0 Å². The molecule has 0 aliphatic carbocycles. The fourth-order valence-electron chi connectivity index (χ4n) is 2.00. The number of rotatable bonds is 8. The second kappa shape index (κ2) is 9.58. The number of Topliss-reactive ketones (excluding diaryl/α,β-unsaturated/α-hetero) is 1. The standard InChI is InChI=1S/C19H18ClNO5/c1-2-17(22)13-3-9-16(10-4-13)25-12-19(24)26-11-18(23)21-15-7-5-14(20)6-8-15/h3-10H,2,11-12H2,1H3,(H,21,23). The molecule has 6 nitrogen and oxygen atoms in total. The third-order valence-electron chi connectivity index (χ3n) is 3.35. The smallest absolute Gasteiger partial charge is 0.344 e. The van der Waals surface area contributed by atoms with E-state index in [9.17, 15) is 14.4 Å². The van der Waals surface area contributed by atoms with Crippen LogP contribution in [0.25, 0.3) is 0 Å². The summed E-state index contributed by atoms with van der Waals surface area (Å²) in [4.78, 5) is 34.9. The van der Waals surface area contributed by atoms with Gasteiger partial charge in [-0.05, 0) is 48.5 Å². The average molecular weight is 376 g/mol. The van der Waals surface area contributed by atoms with Crippen molar-refractivity contribution in [3.8, 4) is 5.75 Å². The SMILES string of the molecule is CCC(=O)c1ccc(OCC(=O)OCC(=O)Nc2ccc(Cl)cc2)cc1. The van der Waals surface area contributed by atoms with E-state index in [4.69, 9.17) is 21.1 Å². The Bertz CT molecular complexity index is 772. The van der Waals surface area contributed by atoms with Crippen LogP contribution in [-0.2, 0) is 14.3 Å². The van der Waals surface area contributed by atoms with Gasteiger partial charge < -0.3 is 14.8 Å². The number of hydrogen-bond acceptors (Lipinski definition) is 5. The molecule has 0 fully saturated rings. The van der Waals surface area contributed by atoms with E-state index in [0.717, 1.165) is 0 Å². The van der Waals surface area contributed by atoms with Crippen LogP contribution in [0.2, 0.25) is 5.02 Å². The Morgan fingerprint density at radius 2 is 1.62 bits per heavy atom. The summed E-state index contributed by atoms with van der Waals surface area (Å²) in [7, 11) is 0. The molecule has 1 amide bonds. The van der Waals surface area contributed by atoms with Crippen molar-refractivity contribution in [1.82, 2.24) is 0 Å². The van der Waals surface area contributed by atoms with Crippen LogP contribution < -0.4 is 10.1 Å². The number of carbonyl (C=O) groups excluding carboxylic acids is 3. The third kappa shape index (κ3) is 6.22. The van der Waals surface area contributed by atoms with Crippen LogP contribution in [0.5, 0.6) is 5.75 Å². The van der Waals surface area contributed by atoms with E-state index in [2.05, 4.69) is 5.32 Å². The van der Waals surface area contributed by atoms with Crippen molar-refractivity contribution in [3.05, 3.63) is 59.1 Å². The normalized spacial score (nSPS) is 10.1. The Labute approximate surface area is 156 Å². The summed E-state index contributed by atoms with van der Waals surface area (Å²) in [6, 6.07) is 13.0. The molecular formula is C19H18ClNO5. The molecule has 7 heteroatoms. The first kappa shape index (κ1) is 19.5. The zero-order chi connectivity index (χ0) is 18.9. The maximum atomic E-state index is 11.7. The molecular weight excluding hydrogens is 358 g/mol. The molecule has 136 valence electrons. The average Bonchev–Trinajstić information content (AvgIpc) is 2.66. The number of amides is 1. The van der Waals surface area contributed by atoms with Gasteiger partial charge in [0, 0.05) is 22.7 Å². The largest absolute Gasteiger partial charge is 0.482 e. The van der Waals surface area contributed by atoms with Gasteiger partial charge in [-0.3, -0.25) is 9.59 Å². The maximum Gasteiger partial charge on any atom is 0.344 e. The number of benzene rings is 2. The van der Waals surface area contributed by atoms with E-state index >= 15 is 0 Å². The van der Waals surface area contributed by atoms with Crippen molar-refractivity contribution >= 4 is 34.9 Å². The quantitative estimate of drug-likeness (QED) is 0.564. The minimum Gasteiger partial charge on any atom is -0.482 e. The lowest BCUT2D eigenvalue weighted by atomic mass is 10.1. The highest BCUT2D eigenvalue weighted by Crippen LogP contribution is 2.14. The van der Waals surface area contributed by atoms with Crippen LogP contribution >= 0.6 is 11.6 Å². The number of esters is 1. The molecule has 2 aromatic carbocycles. The lowest BCUT2D eigenvalue weighted by Crippen LogP contribution is -2.23. The second-order valence-electron chi connectivity index (χ2n) is 5.31. The van der Waals surface area contributed by atoms with Gasteiger partial charge in [-0.25, -0.2) is 4.79 Å². The van der Waals surface area contributed by atoms with Crippen molar-refractivity contribution in [3.63, 3.8) is 0 Å². The highest BCUT2D eigenvalue weighted by Gasteiger charge is 2.09. The molecule has 0 aromatic heterocycles. The van der Waals surface area contributed by atoms with Crippen molar-refractivity contribution in [2.75, 3.05) is 18.5 Å². The topological polar surface area (TPSA) is 81.7 Å².